The summed E-state index contributed by atoms with van der Waals surface area (Å²) >= 11 is 0. The van der Waals surface area contributed by atoms with Crippen LogP contribution >= 0.6 is 0 Å². The van der Waals surface area contributed by atoms with E-state index in [0.29, 0.717) is 22.8 Å². The molecule has 0 saturated carbocycles. The minimum Gasteiger partial charge on any atom is -0.424 e. The number of ether oxygens (including phenoxy) is 1. The van der Waals surface area contributed by atoms with Gasteiger partial charge in [0.05, 0.1) is 17.6 Å². The van der Waals surface area contributed by atoms with Crippen LogP contribution in [-0.2, 0) is 0 Å². The molecule has 3 rings (SSSR count). The van der Waals surface area contributed by atoms with E-state index in [-0.39, 0.29) is 6.01 Å². The fourth-order valence-corrected chi connectivity index (χ4v) is 2.39. The molecule has 0 aliphatic heterocycles. The van der Waals surface area contributed by atoms with Crippen LogP contribution in [0.15, 0.2) is 60.8 Å². The molecule has 0 amide bonds. The van der Waals surface area contributed by atoms with Crippen LogP contribution in [0.1, 0.15) is 12.6 Å². The van der Waals surface area contributed by atoms with E-state index in [1.165, 1.54) is 0 Å². The summed E-state index contributed by atoms with van der Waals surface area (Å²) in [5.74, 6) is 0.675. The SMILES string of the molecule is CNc1cnc(Oc2ccccc2-c2ccccc2)nc1C(C)=N. The monoisotopic (exact) mass is 318 g/mol. The summed E-state index contributed by atoms with van der Waals surface area (Å²) in [7, 11) is 1.77. The molecule has 3 aromatic rings. The smallest absolute Gasteiger partial charge is 0.322 e. The maximum Gasteiger partial charge on any atom is 0.322 e. The Morgan fingerprint density at radius 2 is 1.75 bits per heavy atom. The molecule has 5 heteroatoms. The van der Waals surface area contributed by atoms with E-state index < -0.39 is 0 Å². The van der Waals surface area contributed by atoms with Crippen LogP contribution in [0.25, 0.3) is 11.1 Å². The molecule has 1 heterocycles. The van der Waals surface area contributed by atoms with E-state index in [4.69, 9.17) is 10.1 Å². The highest BCUT2D eigenvalue weighted by atomic mass is 16.5. The van der Waals surface area contributed by atoms with Crippen LogP contribution in [0.4, 0.5) is 5.69 Å². The van der Waals surface area contributed by atoms with Gasteiger partial charge in [0.1, 0.15) is 11.4 Å². The third-order valence-electron chi connectivity index (χ3n) is 3.56. The number of hydrogen-bond acceptors (Lipinski definition) is 5. The molecule has 0 aliphatic rings. The van der Waals surface area contributed by atoms with Crippen molar-refractivity contribution < 1.29 is 4.74 Å². The molecular weight excluding hydrogens is 300 g/mol. The van der Waals surface area contributed by atoms with E-state index >= 15 is 0 Å². The predicted octanol–water partition coefficient (Wildman–Crippen LogP) is 4.37. The summed E-state index contributed by atoms with van der Waals surface area (Å²) in [6.07, 6.45) is 1.63. The Hall–Kier alpha value is -3.21. The maximum absolute atomic E-state index is 7.85. The average Bonchev–Trinajstić information content (AvgIpc) is 2.63. The zero-order valence-corrected chi connectivity index (χ0v) is 13.6. The molecule has 0 unspecified atom stereocenters. The van der Waals surface area contributed by atoms with E-state index in [1.54, 1.807) is 20.2 Å². The quantitative estimate of drug-likeness (QED) is 0.685. The number of aromatic nitrogens is 2. The molecule has 0 saturated heterocycles. The van der Waals surface area contributed by atoms with Crippen molar-refractivity contribution in [2.24, 2.45) is 0 Å². The van der Waals surface area contributed by atoms with Crippen LogP contribution in [0.3, 0.4) is 0 Å². The lowest BCUT2D eigenvalue weighted by Crippen LogP contribution is -2.06. The van der Waals surface area contributed by atoms with Gasteiger partial charge in [-0.2, -0.15) is 4.98 Å². The van der Waals surface area contributed by atoms with Gasteiger partial charge in [-0.05, 0) is 18.6 Å². The average molecular weight is 318 g/mol. The Labute approximate surface area is 140 Å². The first-order valence-corrected chi connectivity index (χ1v) is 7.61. The summed E-state index contributed by atoms with van der Waals surface area (Å²) < 4.78 is 5.91. The number of anilines is 1. The molecule has 0 radical (unpaired) electrons. The van der Waals surface area contributed by atoms with Crippen molar-refractivity contribution in [2.75, 3.05) is 12.4 Å². The van der Waals surface area contributed by atoms with Crippen LogP contribution in [-0.4, -0.2) is 22.7 Å². The van der Waals surface area contributed by atoms with E-state index in [1.807, 2.05) is 54.6 Å². The molecule has 0 bridgehead atoms. The second-order valence-electron chi connectivity index (χ2n) is 5.25. The Morgan fingerprint density at radius 1 is 1.04 bits per heavy atom. The van der Waals surface area contributed by atoms with Crippen molar-refractivity contribution in [1.82, 2.24) is 9.97 Å². The van der Waals surface area contributed by atoms with Crippen molar-refractivity contribution in [3.63, 3.8) is 0 Å². The van der Waals surface area contributed by atoms with Crippen molar-refractivity contribution in [1.29, 1.82) is 5.41 Å². The fourth-order valence-electron chi connectivity index (χ4n) is 2.39. The van der Waals surface area contributed by atoms with Gasteiger partial charge >= 0.3 is 6.01 Å². The Morgan fingerprint density at radius 3 is 2.46 bits per heavy atom. The summed E-state index contributed by atoms with van der Waals surface area (Å²) in [5.41, 5.74) is 3.60. The van der Waals surface area contributed by atoms with Crippen LogP contribution < -0.4 is 10.1 Å². The van der Waals surface area contributed by atoms with Gasteiger partial charge in [0.25, 0.3) is 0 Å². The lowest BCUT2D eigenvalue weighted by molar-refractivity contribution is 0.443. The molecule has 2 aromatic carbocycles. The van der Waals surface area contributed by atoms with Crippen LogP contribution in [0, 0.1) is 5.41 Å². The third-order valence-corrected chi connectivity index (χ3v) is 3.56. The predicted molar refractivity (Wildman–Crippen MR) is 96.0 cm³/mol. The maximum atomic E-state index is 7.85. The molecule has 0 spiro atoms. The number of nitrogens with one attached hydrogen (secondary N) is 2. The second-order valence-corrected chi connectivity index (χ2v) is 5.25. The standard InChI is InChI=1S/C19H18N4O/c1-13(20)18-16(21-2)12-22-19(23-18)24-17-11-7-6-10-15(17)14-8-4-3-5-9-14/h3-12,20-21H,1-2H3. The number of para-hydroxylation sites is 1. The Balaban J connectivity index is 1.98. The second kappa shape index (κ2) is 6.91. The molecule has 5 nitrogen and oxygen atoms in total. The molecule has 1 aromatic heterocycles. The molecule has 0 aliphatic carbocycles. The molecule has 2 N–H and O–H groups in total. The minimum absolute atomic E-state index is 0.221. The summed E-state index contributed by atoms with van der Waals surface area (Å²) in [6, 6.07) is 18.0. The van der Waals surface area contributed by atoms with E-state index in [0.717, 1.165) is 11.1 Å². The number of hydrogen-bond donors (Lipinski definition) is 2. The molecular formula is C19H18N4O. The van der Waals surface area contributed by atoms with Gasteiger partial charge in [0.15, 0.2) is 0 Å². The first-order chi connectivity index (χ1) is 11.7. The Kier molecular flexibility index (Phi) is 4.52. The first-order valence-electron chi connectivity index (χ1n) is 7.61. The summed E-state index contributed by atoms with van der Waals surface area (Å²) in [4.78, 5) is 8.58. The van der Waals surface area contributed by atoms with Crippen molar-refractivity contribution in [2.45, 2.75) is 6.92 Å². The van der Waals surface area contributed by atoms with E-state index in [2.05, 4.69) is 15.3 Å². The van der Waals surface area contributed by atoms with Crippen molar-refractivity contribution in [3.05, 3.63) is 66.5 Å². The topological polar surface area (TPSA) is 70.9 Å². The normalized spacial score (nSPS) is 10.2. The first kappa shape index (κ1) is 15.7. The molecule has 0 atom stereocenters. The zero-order valence-electron chi connectivity index (χ0n) is 13.6. The van der Waals surface area contributed by atoms with Gasteiger partial charge in [-0.1, -0.05) is 48.5 Å². The third kappa shape index (κ3) is 3.25. The van der Waals surface area contributed by atoms with Crippen LogP contribution in [0.2, 0.25) is 0 Å². The van der Waals surface area contributed by atoms with Gasteiger partial charge in [0.2, 0.25) is 0 Å². The van der Waals surface area contributed by atoms with Gasteiger partial charge in [-0.3, -0.25) is 0 Å². The highest BCUT2D eigenvalue weighted by Crippen LogP contribution is 2.32. The van der Waals surface area contributed by atoms with Gasteiger partial charge < -0.3 is 15.5 Å². The lowest BCUT2D eigenvalue weighted by Gasteiger charge is -2.12. The van der Waals surface area contributed by atoms with Crippen LogP contribution in [0.5, 0.6) is 11.8 Å². The van der Waals surface area contributed by atoms with Crippen molar-refractivity contribution >= 4 is 11.4 Å². The highest BCUT2D eigenvalue weighted by molar-refractivity contribution is 5.99. The minimum atomic E-state index is 0.221. The number of nitrogens with zero attached hydrogens (tertiary/aromatic N) is 2. The van der Waals surface area contributed by atoms with Gasteiger partial charge in [0, 0.05) is 12.6 Å². The molecule has 24 heavy (non-hydrogen) atoms. The summed E-state index contributed by atoms with van der Waals surface area (Å²) in [5, 5.41) is 10.8. The van der Waals surface area contributed by atoms with Gasteiger partial charge in [-0.15, -0.1) is 0 Å². The number of benzene rings is 2. The molecule has 0 fully saturated rings. The van der Waals surface area contributed by atoms with E-state index in [9.17, 15) is 0 Å². The lowest BCUT2D eigenvalue weighted by atomic mass is 10.1. The van der Waals surface area contributed by atoms with Gasteiger partial charge in [-0.25, -0.2) is 4.98 Å². The largest absolute Gasteiger partial charge is 0.424 e. The number of rotatable bonds is 5. The zero-order chi connectivity index (χ0) is 16.9. The highest BCUT2D eigenvalue weighted by Gasteiger charge is 2.12. The Bertz CT molecular complexity index is 862. The fraction of sp³-hybridized carbons (Fsp3) is 0.105. The summed E-state index contributed by atoms with van der Waals surface area (Å²) in [6.45, 7) is 1.69. The molecule has 120 valence electrons. The van der Waals surface area contributed by atoms with Crippen molar-refractivity contribution in [3.8, 4) is 22.9 Å².